The van der Waals surface area contributed by atoms with E-state index < -0.39 is 0 Å². The number of thiazole rings is 1. The van der Waals surface area contributed by atoms with E-state index in [0.29, 0.717) is 33.6 Å². The molecule has 1 saturated heterocycles. The van der Waals surface area contributed by atoms with Crippen molar-refractivity contribution in [2.24, 2.45) is 7.05 Å². The minimum atomic E-state index is -0.277. The highest BCUT2D eigenvalue weighted by atomic mass is 32.1. The van der Waals surface area contributed by atoms with Gasteiger partial charge in [-0.3, -0.25) is 14.2 Å². The van der Waals surface area contributed by atoms with Crippen LogP contribution in [0.3, 0.4) is 0 Å². The van der Waals surface area contributed by atoms with Crippen LogP contribution in [0.4, 0.5) is 5.13 Å². The highest BCUT2D eigenvalue weighted by Crippen LogP contribution is 2.33. The van der Waals surface area contributed by atoms with Crippen molar-refractivity contribution in [2.75, 3.05) is 11.4 Å². The van der Waals surface area contributed by atoms with Crippen molar-refractivity contribution < 1.29 is 9.32 Å². The molecule has 10 heteroatoms. The maximum atomic E-state index is 13.0. The predicted octanol–water partition coefficient (Wildman–Crippen LogP) is 2.92. The number of rotatable bonds is 6. The molecule has 1 aromatic carbocycles. The van der Waals surface area contributed by atoms with Gasteiger partial charge in [-0.15, -0.1) is 0 Å². The van der Waals surface area contributed by atoms with Gasteiger partial charge in [-0.1, -0.05) is 46.8 Å². The number of fused-ring (bicyclic) bond motifs is 1. The molecule has 3 aromatic heterocycles. The first-order valence-electron chi connectivity index (χ1n) is 10.5. The van der Waals surface area contributed by atoms with E-state index in [1.54, 1.807) is 14.0 Å². The molecule has 32 heavy (non-hydrogen) atoms. The molecule has 4 aromatic rings. The Bertz CT molecular complexity index is 1340. The van der Waals surface area contributed by atoms with E-state index in [2.05, 4.69) is 20.1 Å². The summed E-state index contributed by atoms with van der Waals surface area (Å²) in [4.78, 5) is 41.8. The Morgan fingerprint density at radius 2 is 2.03 bits per heavy atom. The second kappa shape index (κ2) is 8.27. The van der Waals surface area contributed by atoms with Crippen LogP contribution in [0.1, 0.15) is 30.7 Å². The summed E-state index contributed by atoms with van der Waals surface area (Å²) in [5, 5.41) is 4.53. The van der Waals surface area contributed by atoms with E-state index >= 15 is 0 Å². The Kier molecular flexibility index (Phi) is 5.30. The van der Waals surface area contributed by atoms with Crippen LogP contribution in [-0.4, -0.2) is 43.0 Å². The lowest BCUT2D eigenvalue weighted by Gasteiger charge is -2.22. The van der Waals surface area contributed by atoms with Gasteiger partial charge in [-0.05, 0) is 24.8 Å². The van der Waals surface area contributed by atoms with Gasteiger partial charge in [0.1, 0.15) is 0 Å². The lowest BCUT2D eigenvalue weighted by atomic mass is 10.0. The zero-order valence-electron chi connectivity index (χ0n) is 17.8. The molecule has 1 aliphatic heterocycles. The molecule has 1 fully saturated rings. The van der Waals surface area contributed by atoms with E-state index in [0.717, 1.165) is 31.4 Å². The molecule has 164 valence electrons. The summed E-state index contributed by atoms with van der Waals surface area (Å²) >= 11 is 1.32. The number of nitrogens with zero attached hydrogens (tertiary/aromatic N) is 6. The lowest BCUT2D eigenvalue weighted by Crippen LogP contribution is -2.36. The average molecular weight is 451 g/mol. The number of anilines is 1. The van der Waals surface area contributed by atoms with Crippen molar-refractivity contribution in [1.82, 2.24) is 24.7 Å². The minimum absolute atomic E-state index is 0.203. The average Bonchev–Trinajstić information content (AvgIpc) is 3.54. The molecule has 0 unspecified atom stereocenters. The first-order valence-corrected chi connectivity index (χ1v) is 11.3. The van der Waals surface area contributed by atoms with Gasteiger partial charge in [0.25, 0.3) is 5.56 Å². The summed E-state index contributed by atoms with van der Waals surface area (Å²) in [6, 6.07) is 9.80. The van der Waals surface area contributed by atoms with Gasteiger partial charge in [-0.2, -0.15) is 4.98 Å². The van der Waals surface area contributed by atoms with Gasteiger partial charge in [-0.25, -0.2) is 9.97 Å². The van der Waals surface area contributed by atoms with Crippen LogP contribution in [0.2, 0.25) is 0 Å². The quantitative estimate of drug-likeness (QED) is 0.441. The lowest BCUT2D eigenvalue weighted by molar-refractivity contribution is -0.120. The van der Waals surface area contributed by atoms with Crippen LogP contribution in [0, 0.1) is 6.92 Å². The molecule has 0 radical (unpaired) electrons. The minimum Gasteiger partial charge on any atom is -0.339 e. The molecule has 0 aliphatic carbocycles. The number of carbonyl (C=O) groups excluding carboxylic acids is 1. The zero-order valence-corrected chi connectivity index (χ0v) is 18.6. The molecule has 0 spiro atoms. The van der Waals surface area contributed by atoms with Crippen molar-refractivity contribution >= 4 is 32.6 Å². The van der Waals surface area contributed by atoms with Crippen molar-refractivity contribution in [3.63, 3.8) is 0 Å². The molecule has 5 rings (SSSR count). The Balaban J connectivity index is 1.42. The fourth-order valence-corrected chi connectivity index (χ4v) is 5.07. The molecule has 1 aliphatic rings. The third-order valence-electron chi connectivity index (χ3n) is 5.73. The second-order valence-electron chi connectivity index (χ2n) is 7.89. The monoisotopic (exact) mass is 450 g/mol. The normalized spacial score (nSPS) is 16.2. The van der Waals surface area contributed by atoms with Crippen LogP contribution >= 0.6 is 11.3 Å². The number of carbonyl (C=O) groups is 1. The Labute approximate surface area is 187 Å². The van der Waals surface area contributed by atoms with Gasteiger partial charge < -0.3 is 9.42 Å². The van der Waals surface area contributed by atoms with Crippen molar-refractivity contribution in [2.45, 2.75) is 38.6 Å². The number of hydrogen-bond donors (Lipinski definition) is 0. The van der Waals surface area contributed by atoms with Gasteiger partial charge in [0.05, 0.1) is 6.04 Å². The van der Waals surface area contributed by atoms with Gasteiger partial charge in [0.2, 0.25) is 11.7 Å². The number of aryl methyl sites for hydroxylation is 2. The Hall–Kier alpha value is -3.40. The first-order chi connectivity index (χ1) is 15.5. The Morgan fingerprint density at radius 3 is 2.78 bits per heavy atom. The maximum Gasteiger partial charge on any atom is 0.281 e. The van der Waals surface area contributed by atoms with Crippen molar-refractivity contribution in [3.05, 3.63) is 52.1 Å². The van der Waals surface area contributed by atoms with Crippen LogP contribution in [0.25, 0.3) is 22.0 Å². The van der Waals surface area contributed by atoms with E-state index in [-0.39, 0.29) is 23.2 Å². The van der Waals surface area contributed by atoms with E-state index in [4.69, 9.17) is 4.52 Å². The summed E-state index contributed by atoms with van der Waals surface area (Å²) < 4.78 is 6.41. The smallest absolute Gasteiger partial charge is 0.281 e. The predicted molar refractivity (Wildman–Crippen MR) is 121 cm³/mol. The van der Waals surface area contributed by atoms with Crippen molar-refractivity contribution in [1.29, 1.82) is 0 Å². The van der Waals surface area contributed by atoms with Crippen LogP contribution < -0.4 is 10.5 Å². The van der Waals surface area contributed by atoms with E-state index in [1.165, 1.54) is 15.9 Å². The molecule has 4 heterocycles. The number of ketones is 1. The summed E-state index contributed by atoms with van der Waals surface area (Å²) in [7, 11) is 1.61. The van der Waals surface area contributed by atoms with Crippen LogP contribution in [-0.2, 0) is 18.3 Å². The third kappa shape index (κ3) is 3.70. The van der Waals surface area contributed by atoms with Gasteiger partial charge in [0, 0.05) is 26.9 Å². The fraction of sp³-hybridized carbons (Fsp3) is 0.364. The fourth-order valence-electron chi connectivity index (χ4n) is 4.06. The van der Waals surface area contributed by atoms with Crippen LogP contribution in [0.15, 0.2) is 39.6 Å². The molecule has 0 saturated carbocycles. The molecule has 0 N–H and O–H groups in total. The standard InChI is InChI=1S/C22H22N6O3S/c1-13-23-18(26-31-13)19-25-20-17(21(30)27(19)2)24-22(32-20)28-12-6-9-15(28)16(29)11-10-14-7-4-3-5-8-14/h3-5,7-8,15H,6,9-12H2,1-2H3/t15-/m1/s1. The van der Waals surface area contributed by atoms with Crippen LogP contribution in [0.5, 0.6) is 0 Å². The molecule has 9 nitrogen and oxygen atoms in total. The van der Waals surface area contributed by atoms with Gasteiger partial charge in [0.15, 0.2) is 27.1 Å². The topological polar surface area (TPSA) is 107 Å². The highest BCUT2D eigenvalue weighted by molar-refractivity contribution is 7.21. The zero-order chi connectivity index (χ0) is 22.2. The van der Waals surface area contributed by atoms with E-state index in [1.807, 2.05) is 35.2 Å². The summed E-state index contributed by atoms with van der Waals surface area (Å²) in [6.45, 7) is 2.42. The third-order valence-corrected chi connectivity index (χ3v) is 6.72. The van der Waals surface area contributed by atoms with Crippen molar-refractivity contribution in [3.8, 4) is 11.6 Å². The number of benzene rings is 1. The largest absolute Gasteiger partial charge is 0.339 e. The molecular weight excluding hydrogens is 428 g/mol. The number of aromatic nitrogens is 5. The molecule has 0 bridgehead atoms. The molecule has 0 amide bonds. The van der Waals surface area contributed by atoms with E-state index in [9.17, 15) is 9.59 Å². The molecular formula is C22H22N6O3S. The highest BCUT2D eigenvalue weighted by Gasteiger charge is 2.33. The second-order valence-corrected chi connectivity index (χ2v) is 8.85. The Morgan fingerprint density at radius 1 is 1.22 bits per heavy atom. The maximum absolute atomic E-state index is 13.0. The number of hydrogen-bond acceptors (Lipinski definition) is 9. The summed E-state index contributed by atoms with van der Waals surface area (Å²) in [5.74, 6) is 1.18. The number of Topliss-reactive ketones (excluding diaryl/α,β-unsaturated/α-hetero) is 1. The van der Waals surface area contributed by atoms with Gasteiger partial charge >= 0.3 is 0 Å². The molecule has 1 atom stereocenters. The summed E-state index contributed by atoms with van der Waals surface area (Å²) in [6.07, 6.45) is 2.91. The summed E-state index contributed by atoms with van der Waals surface area (Å²) in [5.41, 5.74) is 1.17. The first kappa shape index (κ1) is 20.5. The SMILES string of the molecule is Cc1nc(-c2nc3sc(N4CCC[C@@H]4C(=O)CCc4ccccc4)nc3c(=O)n2C)no1.